The Morgan fingerprint density at radius 1 is 0.968 bits per heavy atom. The summed E-state index contributed by atoms with van der Waals surface area (Å²) in [6, 6.07) is 17.9. The summed E-state index contributed by atoms with van der Waals surface area (Å²) >= 11 is 0. The van der Waals surface area contributed by atoms with E-state index in [0.29, 0.717) is 19.1 Å². The first kappa shape index (κ1) is 22.0. The highest BCUT2D eigenvalue weighted by Crippen LogP contribution is 2.25. The Balaban J connectivity index is 1.21. The van der Waals surface area contributed by atoms with E-state index in [0.717, 1.165) is 63.8 Å². The number of carbonyl (C=O) groups excluding carboxylic acids is 1. The van der Waals surface area contributed by atoms with Crippen LogP contribution in [-0.4, -0.2) is 54.5 Å². The number of rotatable bonds is 7. The maximum Gasteiger partial charge on any atom is 0.224 e. The van der Waals surface area contributed by atoms with Gasteiger partial charge in [-0.15, -0.1) is 0 Å². The molecule has 4 nitrogen and oxygen atoms in total. The summed E-state index contributed by atoms with van der Waals surface area (Å²) in [7, 11) is 0. The van der Waals surface area contributed by atoms with Crippen molar-refractivity contribution in [3.63, 3.8) is 0 Å². The molecule has 166 valence electrons. The molecular weight excluding hydrogens is 389 g/mol. The van der Waals surface area contributed by atoms with Crippen molar-refractivity contribution in [3.8, 4) is 0 Å². The molecule has 31 heavy (non-hydrogen) atoms. The maximum atomic E-state index is 13.9. The van der Waals surface area contributed by atoms with E-state index in [2.05, 4.69) is 27.2 Å². The number of nitrogens with one attached hydrogen (secondary N) is 1. The molecule has 1 unspecified atom stereocenters. The molecule has 1 amide bonds. The summed E-state index contributed by atoms with van der Waals surface area (Å²) in [5, 5.41) is 3.15. The van der Waals surface area contributed by atoms with E-state index >= 15 is 0 Å². The predicted molar refractivity (Wildman–Crippen MR) is 122 cm³/mol. The minimum Gasteiger partial charge on any atom is -0.355 e. The highest BCUT2D eigenvalue weighted by Gasteiger charge is 2.31. The SMILES string of the molecule is O=C(NCCc1ccccc1)C1CCCN(C2CCN(Cc3ccccc3F)CC2)C1. The van der Waals surface area contributed by atoms with Crippen LogP contribution in [0.25, 0.3) is 0 Å². The second kappa shape index (κ2) is 10.9. The quantitative estimate of drug-likeness (QED) is 0.735. The van der Waals surface area contributed by atoms with Gasteiger partial charge < -0.3 is 5.32 Å². The number of benzene rings is 2. The zero-order chi connectivity index (χ0) is 21.5. The first-order valence-electron chi connectivity index (χ1n) is 11.7. The van der Waals surface area contributed by atoms with Gasteiger partial charge in [0.05, 0.1) is 5.92 Å². The lowest BCUT2D eigenvalue weighted by molar-refractivity contribution is -0.127. The number of piperidine rings is 2. The van der Waals surface area contributed by atoms with Crippen molar-refractivity contribution in [1.29, 1.82) is 0 Å². The van der Waals surface area contributed by atoms with E-state index in [-0.39, 0.29) is 17.6 Å². The topological polar surface area (TPSA) is 35.6 Å². The molecule has 1 atom stereocenters. The van der Waals surface area contributed by atoms with Crippen molar-refractivity contribution < 1.29 is 9.18 Å². The largest absolute Gasteiger partial charge is 0.355 e. The predicted octanol–water partition coefficient (Wildman–Crippen LogP) is 3.86. The molecule has 0 radical (unpaired) electrons. The molecule has 0 spiro atoms. The molecule has 2 aromatic carbocycles. The van der Waals surface area contributed by atoms with Crippen molar-refractivity contribution in [3.05, 3.63) is 71.5 Å². The number of hydrogen-bond acceptors (Lipinski definition) is 3. The van der Waals surface area contributed by atoms with Crippen LogP contribution in [0.4, 0.5) is 4.39 Å². The number of likely N-dealkylation sites (tertiary alicyclic amines) is 2. The lowest BCUT2D eigenvalue weighted by Crippen LogP contribution is -2.50. The van der Waals surface area contributed by atoms with Crippen LogP contribution in [-0.2, 0) is 17.8 Å². The third kappa shape index (κ3) is 6.14. The first-order valence-corrected chi connectivity index (χ1v) is 11.7. The van der Waals surface area contributed by atoms with Crippen LogP contribution in [0.15, 0.2) is 54.6 Å². The van der Waals surface area contributed by atoms with Crippen LogP contribution in [0, 0.1) is 11.7 Å². The third-order valence-corrected chi connectivity index (χ3v) is 6.80. The normalized spacial score (nSPS) is 21.1. The van der Waals surface area contributed by atoms with E-state index in [1.54, 1.807) is 12.1 Å². The van der Waals surface area contributed by atoms with E-state index in [9.17, 15) is 9.18 Å². The van der Waals surface area contributed by atoms with Crippen LogP contribution in [0.2, 0.25) is 0 Å². The van der Waals surface area contributed by atoms with Crippen LogP contribution >= 0.6 is 0 Å². The average molecular weight is 424 g/mol. The van der Waals surface area contributed by atoms with Crippen LogP contribution in [0.1, 0.15) is 36.8 Å². The number of halogens is 1. The van der Waals surface area contributed by atoms with Gasteiger partial charge in [0.25, 0.3) is 0 Å². The molecule has 0 saturated carbocycles. The van der Waals surface area contributed by atoms with E-state index in [4.69, 9.17) is 0 Å². The zero-order valence-electron chi connectivity index (χ0n) is 18.3. The molecule has 2 fully saturated rings. The van der Waals surface area contributed by atoms with Crippen LogP contribution in [0.3, 0.4) is 0 Å². The molecule has 0 aliphatic carbocycles. The molecular formula is C26H34FN3O. The molecule has 2 aliphatic heterocycles. The van der Waals surface area contributed by atoms with Gasteiger partial charge in [-0.1, -0.05) is 48.5 Å². The van der Waals surface area contributed by atoms with Gasteiger partial charge in [0, 0.05) is 31.2 Å². The van der Waals surface area contributed by atoms with Gasteiger partial charge in [-0.25, -0.2) is 4.39 Å². The minimum atomic E-state index is -0.109. The summed E-state index contributed by atoms with van der Waals surface area (Å²) in [5.41, 5.74) is 2.04. The molecule has 2 saturated heterocycles. The molecule has 2 aromatic rings. The summed E-state index contributed by atoms with van der Waals surface area (Å²) in [5.74, 6) is 0.195. The Bertz CT molecular complexity index is 836. The van der Waals surface area contributed by atoms with Crippen molar-refractivity contribution in [2.24, 2.45) is 5.92 Å². The van der Waals surface area contributed by atoms with E-state index in [1.165, 1.54) is 5.56 Å². The fraction of sp³-hybridized carbons (Fsp3) is 0.500. The lowest BCUT2D eigenvalue weighted by atomic mass is 9.93. The summed E-state index contributed by atoms with van der Waals surface area (Å²) in [4.78, 5) is 17.6. The van der Waals surface area contributed by atoms with Gasteiger partial charge in [-0.2, -0.15) is 0 Å². The van der Waals surface area contributed by atoms with Crippen molar-refractivity contribution in [2.75, 3.05) is 32.7 Å². The molecule has 0 aromatic heterocycles. The van der Waals surface area contributed by atoms with E-state index in [1.807, 2.05) is 30.3 Å². The standard InChI is InChI=1S/C26H34FN3O/c27-25-11-5-4-9-22(25)19-29-17-13-24(14-18-29)30-16-6-10-23(20-30)26(31)28-15-12-21-7-2-1-3-8-21/h1-5,7-9,11,23-24H,6,10,12-20H2,(H,28,31). The molecule has 4 rings (SSSR count). The Morgan fingerprint density at radius 3 is 2.48 bits per heavy atom. The third-order valence-electron chi connectivity index (χ3n) is 6.80. The molecule has 5 heteroatoms. The summed E-state index contributed by atoms with van der Waals surface area (Å²) in [6.07, 6.45) is 5.14. The molecule has 2 aliphatic rings. The second-order valence-corrected chi connectivity index (χ2v) is 8.96. The van der Waals surface area contributed by atoms with Crippen LogP contribution in [0.5, 0.6) is 0 Å². The highest BCUT2D eigenvalue weighted by molar-refractivity contribution is 5.79. The smallest absolute Gasteiger partial charge is 0.224 e. The first-order chi connectivity index (χ1) is 15.2. The monoisotopic (exact) mass is 423 g/mol. The molecule has 1 N–H and O–H groups in total. The summed E-state index contributed by atoms with van der Waals surface area (Å²) in [6.45, 7) is 5.33. The number of hydrogen-bond donors (Lipinski definition) is 1. The average Bonchev–Trinajstić information content (AvgIpc) is 2.82. The zero-order valence-corrected chi connectivity index (χ0v) is 18.3. The van der Waals surface area contributed by atoms with Gasteiger partial charge in [-0.05, 0) is 63.4 Å². The Hall–Kier alpha value is -2.24. The summed E-state index contributed by atoms with van der Waals surface area (Å²) < 4.78 is 13.9. The Labute approximate surface area is 185 Å². The van der Waals surface area contributed by atoms with Crippen molar-refractivity contribution >= 4 is 5.91 Å². The number of nitrogens with zero attached hydrogens (tertiary/aromatic N) is 2. The fourth-order valence-electron chi connectivity index (χ4n) is 4.98. The van der Waals surface area contributed by atoms with Gasteiger partial charge in [-0.3, -0.25) is 14.6 Å². The number of carbonyl (C=O) groups is 1. The van der Waals surface area contributed by atoms with Gasteiger partial charge >= 0.3 is 0 Å². The van der Waals surface area contributed by atoms with Crippen LogP contribution < -0.4 is 5.32 Å². The molecule has 2 heterocycles. The Kier molecular flexibility index (Phi) is 7.71. The van der Waals surface area contributed by atoms with Crippen molar-refractivity contribution in [2.45, 2.75) is 44.7 Å². The highest BCUT2D eigenvalue weighted by atomic mass is 19.1. The van der Waals surface area contributed by atoms with Gasteiger partial charge in [0.2, 0.25) is 5.91 Å². The maximum absolute atomic E-state index is 13.9. The van der Waals surface area contributed by atoms with E-state index < -0.39 is 0 Å². The minimum absolute atomic E-state index is 0.0981. The second-order valence-electron chi connectivity index (χ2n) is 8.96. The fourth-order valence-corrected chi connectivity index (χ4v) is 4.98. The molecule has 0 bridgehead atoms. The van der Waals surface area contributed by atoms with Gasteiger partial charge in [0.15, 0.2) is 0 Å². The lowest BCUT2D eigenvalue weighted by Gasteiger charge is -2.42. The number of amides is 1. The Morgan fingerprint density at radius 2 is 1.71 bits per heavy atom. The van der Waals surface area contributed by atoms with Gasteiger partial charge in [0.1, 0.15) is 5.82 Å². The van der Waals surface area contributed by atoms with Crippen molar-refractivity contribution in [1.82, 2.24) is 15.1 Å².